The van der Waals surface area contributed by atoms with Crippen LogP contribution in [0, 0.1) is 0 Å². The van der Waals surface area contributed by atoms with Crippen LogP contribution in [0.1, 0.15) is 53.0 Å². The number of carbonyl (C=O) groups excluding carboxylic acids is 3. The second kappa shape index (κ2) is 15.4. The van der Waals surface area contributed by atoms with Crippen LogP contribution in [0.5, 0.6) is 11.5 Å². The predicted octanol–water partition coefficient (Wildman–Crippen LogP) is 1.64. The monoisotopic (exact) mass is 720 g/mol. The lowest BCUT2D eigenvalue weighted by molar-refractivity contribution is -0.271. The maximum atomic E-state index is 13.6. The minimum absolute atomic E-state index is 0.0189. The standard InChI is InChI=1S/C35H40N6O11/c1-40-17-20(13-24(40)32(46)39-19-9-7-18(36)8-10-19)38-27(42)6-4-12-50-25-15-23-22(33(47)41-11-3-2-5-21(41)16-37-23)14-26(25)51-35-30(45)28(43)29(44)31(52-35)34(48)49/h7-10,13-17,21,28-31,35,43-45H,2-6,11-12,36H2,1H3,(H,38,42)(H,39,46)(H,48,49)/t21-,28-,29-,30+,31-,35+/m0/s1. The molecule has 3 aliphatic heterocycles. The molecule has 3 aliphatic rings. The number of nitrogens with two attached hydrogens (primary N) is 1. The van der Waals surface area contributed by atoms with Gasteiger partial charge in [0.05, 0.1) is 29.6 Å². The van der Waals surface area contributed by atoms with Gasteiger partial charge in [-0.2, -0.15) is 0 Å². The van der Waals surface area contributed by atoms with Gasteiger partial charge in [0.1, 0.15) is 24.0 Å². The molecule has 52 heavy (non-hydrogen) atoms. The number of nitrogens with zero attached hydrogens (tertiary/aromatic N) is 3. The van der Waals surface area contributed by atoms with Gasteiger partial charge in [0.25, 0.3) is 11.8 Å². The summed E-state index contributed by atoms with van der Waals surface area (Å²) in [5.41, 5.74) is 8.02. The van der Waals surface area contributed by atoms with Gasteiger partial charge < -0.3 is 60.5 Å². The molecule has 4 heterocycles. The Bertz CT molecular complexity index is 1860. The van der Waals surface area contributed by atoms with Gasteiger partial charge in [0, 0.05) is 49.9 Å². The van der Waals surface area contributed by atoms with Crippen LogP contribution in [0.2, 0.25) is 0 Å². The first-order valence-electron chi connectivity index (χ1n) is 16.8. The molecule has 1 aromatic heterocycles. The highest BCUT2D eigenvalue weighted by atomic mass is 16.7. The van der Waals surface area contributed by atoms with E-state index >= 15 is 0 Å². The summed E-state index contributed by atoms with van der Waals surface area (Å²) in [7, 11) is 1.67. The van der Waals surface area contributed by atoms with E-state index in [0.717, 1.165) is 19.3 Å². The molecule has 0 saturated carbocycles. The van der Waals surface area contributed by atoms with Gasteiger partial charge in [-0.15, -0.1) is 0 Å². The summed E-state index contributed by atoms with van der Waals surface area (Å²) in [5.74, 6) is -2.69. The van der Waals surface area contributed by atoms with Gasteiger partial charge in [-0.1, -0.05) is 0 Å². The van der Waals surface area contributed by atoms with Gasteiger partial charge in [0.15, 0.2) is 17.6 Å². The number of anilines is 3. The lowest BCUT2D eigenvalue weighted by Crippen LogP contribution is -2.61. The molecule has 6 rings (SSSR count). The Kier molecular flexibility index (Phi) is 10.8. The molecule has 3 amide bonds. The van der Waals surface area contributed by atoms with Crippen LogP contribution in [0.15, 0.2) is 53.7 Å². The van der Waals surface area contributed by atoms with Crippen molar-refractivity contribution >= 4 is 52.7 Å². The van der Waals surface area contributed by atoms with Gasteiger partial charge >= 0.3 is 5.97 Å². The molecule has 2 fully saturated rings. The molecule has 0 unspecified atom stereocenters. The van der Waals surface area contributed by atoms with E-state index in [1.807, 2.05) is 0 Å². The minimum atomic E-state index is -1.93. The number of aliphatic hydroxyl groups is 3. The summed E-state index contributed by atoms with van der Waals surface area (Å²) in [5, 5.41) is 46.1. The van der Waals surface area contributed by atoms with E-state index in [-0.39, 0.29) is 60.3 Å². The van der Waals surface area contributed by atoms with Crippen LogP contribution in [-0.4, -0.2) is 110 Å². The first-order chi connectivity index (χ1) is 24.9. The van der Waals surface area contributed by atoms with Gasteiger partial charge in [0.2, 0.25) is 12.2 Å². The lowest BCUT2D eigenvalue weighted by Gasteiger charge is -2.38. The molecule has 8 N–H and O–H groups in total. The van der Waals surface area contributed by atoms with Crippen LogP contribution in [0.25, 0.3) is 0 Å². The Morgan fingerprint density at radius 2 is 1.77 bits per heavy atom. The summed E-state index contributed by atoms with van der Waals surface area (Å²) < 4.78 is 18.7. The number of carboxylic acids is 1. The quantitative estimate of drug-likeness (QED) is 0.110. The Labute approximate surface area is 297 Å². The fraction of sp³-hybridized carbons (Fsp3) is 0.400. The van der Waals surface area contributed by atoms with Crippen molar-refractivity contribution in [3.63, 3.8) is 0 Å². The first-order valence-corrected chi connectivity index (χ1v) is 16.8. The molecule has 2 aromatic carbocycles. The molecule has 0 spiro atoms. The van der Waals surface area contributed by atoms with Crippen molar-refractivity contribution in [3.8, 4) is 11.5 Å². The fourth-order valence-electron chi connectivity index (χ4n) is 6.25. The summed E-state index contributed by atoms with van der Waals surface area (Å²) in [6.45, 7) is 0.508. The molecular weight excluding hydrogens is 680 g/mol. The number of ether oxygens (including phenoxy) is 3. The number of aliphatic carboxylic acids is 1. The smallest absolute Gasteiger partial charge is 0.335 e. The van der Waals surface area contributed by atoms with Crippen molar-refractivity contribution in [3.05, 3.63) is 59.9 Å². The lowest BCUT2D eigenvalue weighted by atomic mass is 9.99. The highest BCUT2D eigenvalue weighted by Gasteiger charge is 2.48. The zero-order valence-corrected chi connectivity index (χ0v) is 28.2. The molecular formula is C35H40N6O11. The van der Waals surface area contributed by atoms with E-state index < -0.39 is 36.7 Å². The largest absolute Gasteiger partial charge is 0.490 e. The molecule has 0 radical (unpaired) electrons. The van der Waals surface area contributed by atoms with Crippen molar-refractivity contribution < 1.29 is 53.8 Å². The van der Waals surface area contributed by atoms with Gasteiger partial charge in [-0.05, 0) is 62.1 Å². The Morgan fingerprint density at radius 1 is 1.00 bits per heavy atom. The molecule has 0 bridgehead atoms. The van der Waals surface area contributed by atoms with E-state index in [1.165, 1.54) is 12.1 Å². The number of aromatic nitrogens is 1. The molecule has 276 valence electrons. The maximum Gasteiger partial charge on any atom is 0.335 e. The Hall–Kier alpha value is -5.49. The number of aliphatic hydroxyl groups excluding tert-OH is 3. The number of nitrogen functional groups attached to an aromatic ring is 1. The van der Waals surface area contributed by atoms with E-state index in [0.29, 0.717) is 35.0 Å². The van der Waals surface area contributed by atoms with Crippen molar-refractivity contribution in [1.82, 2.24) is 9.47 Å². The molecule has 6 atom stereocenters. The van der Waals surface area contributed by atoms with Crippen LogP contribution in [-0.2, 0) is 21.4 Å². The number of amides is 3. The summed E-state index contributed by atoms with van der Waals surface area (Å²) in [4.78, 5) is 57.2. The van der Waals surface area contributed by atoms with Crippen LogP contribution in [0.4, 0.5) is 22.7 Å². The molecule has 3 aromatic rings. The second-order valence-electron chi connectivity index (χ2n) is 12.8. The summed E-state index contributed by atoms with van der Waals surface area (Å²) in [6.07, 6.45) is -3.32. The average Bonchev–Trinajstić information content (AvgIpc) is 3.43. The number of fused-ring (bicyclic) bond motifs is 2. The highest BCUT2D eigenvalue weighted by molar-refractivity contribution is 6.05. The van der Waals surface area contributed by atoms with Crippen molar-refractivity contribution in [2.24, 2.45) is 12.0 Å². The van der Waals surface area contributed by atoms with Crippen molar-refractivity contribution in [2.75, 3.05) is 29.5 Å². The Morgan fingerprint density at radius 3 is 2.52 bits per heavy atom. The zero-order chi connectivity index (χ0) is 37.1. The predicted molar refractivity (Wildman–Crippen MR) is 186 cm³/mol. The number of aliphatic imine (C=N–C) groups is 1. The number of piperidine rings is 1. The van der Waals surface area contributed by atoms with Crippen LogP contribution >= 0.6 is 0 Å². The maximum absolute atomic E-state index is 13.6. The Balaban J connectivity index is 1.13. The number of nitrogens with one attached hydrogen (secondary N) is 2. The summed E-state index contributed by atoms with van der Waals surface area (Å²) in [6, 6.07) is 10.8. The third-order valence-electron chi connectivity index (χ3n) is 9.04. The normalized spacial score (nSPS) is 23.9. The summed E-state index contributed by atoms with van der Waals surface area (Å²) >= 11 is 0. The van der Waals surface area contributed by atoms with Crippen LogP contribution in [0.3, 0.4) is 0 Å². The van der Waals surface area contributed by atoms with E-state index in [2.05, 4.69) is 15.6 Å². The average molecular weight is 721 g/mol. The minimum Gasteiger partial charge on any atom is -0.490 e. The number of carbonyl (C=O) groups is 4. The van der Waals surface area contributed by atoms with Gasteiger partial charge in [-0.25, -0.2) is 4.79 Å². The topological polar surface area (TPSA) is 248 Å². The fourth-order valence-corrected chi connectivity index (χ4v) is 6.25. The highest BCUT2D eigenvalue weighted by Crippen LogP contribution is 2.39. The second-order valence-corrected chi connectivity index (χ2v) is 12.8. The van der Waals surface area contributed by atoms with Crippen molar-refractivity contribution in [1.29, 1.82) is 0 Å². The SMILES string of the molecule is Cn1cc(NC(=O)CCCOc2cc3c(cc2O[C@@H]2O[C@H](C(=O)O)[C@@H](O)[C@H](O)[C@H]2O)C(=O)N2CCCC[C@H]2C=N3)cc1C(=O)Nc1ccc(N)cc1. The zero-order valence-electron chi connectivity index (χ0n) is 28.2. The number of aryl methyl sites for hydroxylation is 1. The molecule has 17 heteroatoms. The number of rotatable bonds is 11. The first kappa shape index (κ1) is 36.3. The third-order valence-corrected chi connectivity index (χ3v) is 9.04. The molecule has 2 saturated heterocycles. The number of carboxylic acid groups (broad SMARTS) is 1. The van der Waals surface area contributed by atoms with E-state index in [1.54, 1.807) is 59.3 Å². The number of hydrogen-bond acceptors (Lipinski definition) is 12. The van der Waals surface area contributed by atoms with Gasteiger partial charge in [-0.3, -0.25) is 19.4 Å². The van der Waals surface area contributed by atoms with Crippen LogP contribution < -0.4 is 25.8 Å². The molecule has 17 nitrogen and oxygen atoms in total. The van der Waals surface area contributed by atoms with Crippen molar-refractivity contribution in [2.45, 2.75) is 68.9 Å². The third kappa shape index (κ3) is 7.86. The van der Waals surface area contributed by atoms with E-state index in [9.17, 15) is 39.6 Å². The molecule has 0 aliphatic carbocycles. The number of hydrogen-bond donors (Lipinski definition) is 7. The van der Waals surface area contributed by atoms with E-state index in [4.69, 9.17) is 19.9 Å². The number of benzene rings is 2.